The molecule has 0 aliphatic carbocycles. The molecule has 0 aliphatic rings. The van der Waals surface area contributed by atoms with Gasteiger partial charge in [0.05, 0.1) is 12.7 Å². The lowest BCUT2D eigenvalue weighted by Gasteiger charge is -2.03. The maximum absolute atomic E-state index is 13.4. The van der Waals surface area contributed by atoms with Crippen molar-refractivity contribution in [1.82, 2.24) is 24.5 Å². The average molecular weight is 297 g/mol. The summed E-state index contributed by atoms with van der Waals surface area (Å²) in [5.41, 5.74) is 2.38. The van der Waals surface area contributed by atoms with Crippen LogP contribution in [-0.4, -0.2) is 24.5 Å². The maximum atomic E-state index is 13.4. The van der Waals surface area contributed by atoms with Crippen molar-refractivity contribution in [3.63, 3.8) is 0 Å². The van der Waals surface area contributed by atoms with E-state index in [1.165, 1.54) is 23.0 Å². The number of aromatic amines is 2. The molecule has 1 aromatic carbocycles. The van der Waals surface area contributed by atoms with Gasteiger partial charge in [0.25, 0.3) is 5.56 Å². The lowest BCUT2D eigenvalue weighted by atomic mass is 10.2. The van der Waals surface area contributed by atoms with Gasteiger partial charge in [0.2, 0.25) is 0 Å². The monoisotopic (exact) mass is 297 g/mol. The van der Waals surface area contributed by atoms with Crippen LogP contribution in [0.2, 0.25) is 0 Å². The van der Waals surface area contributed by atoms with Crippen molar-refractivity contribution in [3.8, 4) is 0 Å². The molecule has 2 N–H and O–H groups in total. The number of nitrogens with one attached hydrogen (secondary N) is 2. The van der Waals surface area contributed by atoms with E-state index in [1.807, 2.05) is 0 Å². The second kappa shape index (κ2) is 4.80. The molecule has 0 unspecified atom stereocenters. The van der Waals surface area contributed by atoms with E-state index in [4.69, 9.17) is 0 Å². The Hall–Kier alpha value is -2.96. The summed E-state index contributed by atoms with van der Waals surface area (Å²) in [4.78, 5) is 26.8. The summed E-state index contributed by atoms with van der Waals surface area (Å²) in [6.07, 6.45) is 5.48. The molecular weight excluding hydrogens is 285 g/mol. The van der Waals surface area contributed by atoms with E-state index in [0.717, 1.165) is 5.69 Å². The van der Waals surface area contributed by atoms with Crippen molar-refractivity contribution < 1.29 is 4.39 Å². The van der Waals surface area contributed by atoms with Crippen LogP contribution >= 0.6 is 0 Å². The summed E-state index contributed by atoms with van der Waals surface area (Å²) >= 11 is 0. The molecule has 4 rings (SSSR count). The Labute approximate surface area is 123 Å². The Morgan fingerprint density at radius 3 is 3.05 bits per heavy atom. The molecule has 110 valence electrons. The number of rotatable bonds is 3. The van der Waals surface area contributed by atoms with Crippen molar-refractivity contribution in [2.45, 2.75) is 13.0 Å². The summed E-state index contributed by atoms with van der Waals surface area (Å²) < 4.78 is 14.9. The number of nitrogens with zero attached hydrogens (tertiary/aromatic N) is 3. The van der Waals surface area contributed by atoms with Crippen LogP contribution in [0.4, 0.5) is 4.39 Å². The molecule has 0 bridgehead atoms. The minimum atomic E-state index is -0.348. The predicted molar refractivity (Wildman–Crippen MR) is 80.1 cm³/mol. The lowest BCUT2D eigenvalue weighted by Crippen LogP contribution is -2.21. The summed E-state index contributed by atoms with van der Waals surface area (Å²) in [5, 5.41) is 0.618. The molecule has 22 heavy (non-hydrogen) atoms. The van der Waals surface area contributed by atoms with Gasteiger partial charge in [-0.05, 0) is 18.2 Å². The lowest BCUT2D eigenvalue weighted by molar-refractivity contribution is 0.630. The summed E-state index contributed by atoms with van der Waals surface area (Å²) in [5.74, 6) is -0.348. The number of fused-ring (bicyclic) bond motifs is 3. The predicted octanol–water partition coefficient (Wildman–Crippen LogP) is 1.98. The van der Waals surface area contributed by atoms with Gasteiger partial charge < -0.3 is 9.97 Å². The first-order valence-electron chi connectivity index (χ1n) is 6.86. The van der Waals surface area contributed by atoms with E-state index in [0.29, 0.717) is 34.9 Å². The molecule has 0 saturated heterocycles. The highest BCUT2D eigenvalue weighted by Crippen LogP contribution is 2.21. The van der Waals surface area contributed by atoms with Gasteiger partial charge in [0.15, 0.2) is 0 Å². The zero-order valence-electron chi connectivity index (χ0n) is 11.5. The molecule has 0 saturated carbocycles. The Bertz CT molecular complexity index is 1020. The van der Waals surface area contributed by atoms with Crippen molar-refractivity contribution in [2.24, 2.45) is 0 Å². The molecule has 0 atom stereocenters. The molecule has 0 aliphatic heterocycles. The summed E-state index contributed by atoms with van der Waals surface area (Å²) in [7, 11) is 0. The van der Waals surface area contributed by atoms with Gasteiger partial charge in [-0.1, -0.05) is 0 Å². The smallest absolute Gasteiger partial charge is 0.277 e. The molecule has 0 fully saturated rings. The molecular formula is C15H12FN5O. The van der Waals surface area contributed by atoms with Gasteiger partial charge >= 0.3 is 0 Å². The van der Waals surface area contributed by atoms with Gasteiger partial charge in [0, 0.05) is 35.8 Å². The number of hydrogen-bond acceptors (Lipinski definition) is 3. The molecule has 0 radical (unpaired) electrons. The molecule has 3 heterocycles. The van der Waals surface area contributed by atoms with E-state index in [1.54, 1.807) is 18.6 Å². The standard InChI is InChI=1S/C15H12FN5O/c16-9-1-2-12-11(5-9)13-14(20-12)15(22)21(8-19-13)4-3-10-6-17-7-18-10/h1-2,5-8,20H,3-4H2,(H,17,18). The Morgan fingerprint density at radius 2 is 2.23 bits per heavy atom. The number of benzene rings is 1. The highest BCUT2D eigenvalue weighted by atomic mass is 19.1. The summed E-state index contributed by atoms with van der Waals surface area (Å²) in [6, 6.07) is 4.35. The van der Waals surface area contributed by atoms with Gasteiger partial charge in [0.1, 0.15) is 16.9 Å². The van der Waals surface area contributed by atoms with E-state index >= 15 is 0 Å². The largest absolute Gasteiger partial charge is 0.349 e. The van der Waals surface area contributed by atoms with Gasteiger partial charge in [-0.15, -0.1) is 0 Å². The van der Waals surface area contributed by atoms with Crippen LogP contribution < -0.4 is 5.56 Å². The first-order chi connectivity index (χ1) is 10.7. The molecule has 3 aromatic heterocycles. The minimum Gasteiger partial charge on any atom is -0.349 e. The fourth-order valence-corrected chi connectivity index (χ4v) is 2.58. The average Bonchev–Trinajstić information content (AvgIpc) is 3.14. The highest BCUT2D eigenvalue weighted by molar-refractivity contribution is 6.04. The maximum Gasteiger partial charge on any atom is 0.277 e. The van der Waals surface area contributed by atoms with Crippen LogP contribution in [0.1, 0.15) is 5.69 Å². The van der Waals surface area contributed by atoms with Crippen molar-refractivity contribution >= 4 is 21.9 Å². The van der Waals surface area contributed by atoms with Crippen LogP contribution in [0.5, 0.6) is 0 Å². The number of aryl methyl sites for hydroxylation is 2. The van der Waals surface area contributed by atoms with E-state index in [2.05, 4.69) is 19.9 Å². The fraction of sp³-hybridized carbons (Fsp3) is 0.133. The summed E-state index contributed by atoms with van der Waals surface area (Å²) in [6.45, 7) is 0.494. The molecule has 7 heteroatoms. The molecule has 4 aromatic rings. The zero-order valence-corrected chi connectivity index (χ0v) is 11.5. The van der Waals surface area contributed by atoms with Crippen molar-refractivity contribution in [3.05, 3.63) is 58.9 Å². The number of aromatic nitrogens is 5. The van der Waals surface area contributed by atoms with Crippen LogP contribution in [0.3, 0.4) is 0 Å². The number of halogens is 1. The number of H-pyrrole nitrogens is 2. The van der Waals surface area contributed by atoms with Crippen LogP contribution in [0, 0.1) is 5.82 Å². The molecule has 0 spiro atoms. The van der Waals surface area contributed by atoms with E-state index < -0.39 is 0 Å². The highest BCUT2D eigenvalue weighted by Gasteiger charge is 2.11. The minimum absolute atomic E-state index is 0.166. The van der Waals surface area contributed by atoms with Crippen molar-refractivity contribution in [1.29, 1.82) is 0 Å². The first-order valence-corrected chi connectivity index (χ1v) is 6.86. The quantitative estimate of drug-likeness (QED) is 0.607. The number of hydrogen-bond donors (Lipinski definition) is 2. The van der Waals surface area contributed by atoms with Crippen LogP contribution in [0.25, 0.3) is 21.9 Å². The molecule has 6 nitrogen and oxygen atoms in total. The second-order valence-corrected chi connectivity index (χ2v) is 5.11. The van der Waals surface area contributed by atoms with Crippen LogP contribution in [-0.2, 0) is 13.0 Å². The normalized spacial score (nSPS) is 11.5. The van der Waals surface area contributed by atoms with Gasteiger partial charge in [-0.25, -0.2) is 14.4 Å². The van der Waals surface area contributed by atoms with E-state index in [-0.39, 0.29) is 11.4 Å². The first kappa shape index (κ1) is 12.8. The SMILES string of the molecule is O=c1c2[nH]c3ccc(F)cc3c2ncn1CCc1cnc[nH]1. The Kier molecular flexibility index (Phi) is 2.78. The fourth-order valence-electron chi connectivity index (χ4n) is 2.58. The third-order valence-corrected chi connectivity index (χ3v) is 3.71. The topological polar surface area (TPSA) is 79.4 Å². The van der Waals surface area contributed by atoms with Gasteiger partial charge in [-0.3, -0.25) is 9.36 Å². The van der Waals surface area contributed by atoms with E-state index in [9.17, 15) is 9.18 Å². The van der Waals surface area contributed by atoms with Gasteiger partial charge in [-0.2, -0.15) is 0 Å². The third-order valence-electron chi connectivity index (χ3n) is 3.71. The second-order valence-electron chi connectivity index (χ2n) is 5.11. The van der Waals surface area contributed by atoms with Crippen molar-refractivity contribution in [2.75, 3.05) is 0 Å². The third kappa shape index (κ3) is 1.98. The number of imidazole rings is 1. The Morgan fingerprint density at radius 1 is 1.32 bits per heavy atom. The zero-order chi connectivity index (χ0) is 15.1. The Balaban J connectivity index is 1.80. The molecule has 0 amide bonds. The van der Waals surface area contributed by atoms with Crippen LogP contribution in [0.15, 0.2) is 41.8 Å².